The summed E-state index contributed by atoms with van der Waals surface area (Å²) in [5.74, 6) is 1.70. The minimum atomic E-state index is 0.847. The third-order valence-electron chi connectivity index (χ3n) is 1.79. The average molecular weight is 224 g/mol. The Morgan fingerprint density at radius 1 is 0.714 bits per heavy atom. The van der Waals surface area contributed by atoms with Gasteiger partial charge in [-0.25, -0.2) is 0 Å². The molecule has 0 unspecified atom stereocenters. The standard InChI is InChI=1S/C12H9O.Mn/c1-3-7-11(8-4-1)13-12-9-5-2-6-10-12;/h1,3-10H;. The van der Waals surface area contributed by atoms with Crippen molar-refractivity contribution in [3.05, 3.63) is 54.6 Å². The van der Waals surface area contributed by atoms with Crippen LogP contribution < -0.4 is 9.20 Å². The molecule has 0 aliphatic rings. The molecule has 0 bridgehead atoms. The summed E-state index contributed by atoms with van der Waals surface area (Å²) < 4.78 is 6.67. The van der Waals surface area contributed by atoms with Crippen molar-refractivity contribution in [2.24, 2.45) is 0 Å². The van der Waals surface area contributed by atoms with Gasteiger partial charge in [0.1, 0.15) is 0 Å². The molecule has 0 saturated heterocycles. The molecule has 1 nitrogen and oxygen atoms in total. The van der Waals surface area contributed by atoms with Gasteiger partial charge in [0.05, 0.1) is 0 Å². The van der Waals surface area contributed by atoms with Crippen molar-refractivity contribution in [3.8, 4) is 11.5 Å². The van der Waals surface area contributed by atoms with Crippen LogP contribution in [0.3, 0.4) is 0 Å². The van der Waals surface area contributed by atoms with E-state index < -0.39 is 0 Å². The first-order chi connectivity index (χ1) is 6.84. The molecule has 0 aromatic heterocycles. The molecule has 14 heavy (non-hydrogen) atoms. The summed E-state index contributed by atoms with van der Waals surface area (Å²) in [6.07, 6.45) is 0. The fourth-order valence-electron chi connectivity index (χ4n) is 1.13. The zero-order chi connectivity index (χ0) is 9.80. The second-order valence-electron chi connectivity index (χ2n) is 2.87. The van der Waals surface area contributed by atoms with E-state index in [9.17, 15) is 0 Å². The van der Waals surface area contributed by atoms with Crippen LogP contribution in [0.2, 0.25) is 0 Å². The van der Waals surface area contributed by atoms with Crippen LogP contribution in [0, 0.1) is 0 Å². The van der Waals surface area contributed by atoms with Crippen LogP contribution in [-0.4, -0.2) is 0 Å². The minimum absolute atomic E-state index is 0.847. The molecule has 0 aliphatic heterocycles. The summed E-state index contributed by atoms with van der Waals surface area (Å²) in [5.41, 5.74) is 0. The number of ether oxygens (including phenoxy) is 1. The van der Waals surface area contributed by atoms with Crippen molar-refractivity contribution < 1.29 is 20.7 Å². The quantitative estimate of drug-likeness (QED) is 0.712. The van der Waals surface area contributed by atoms with Crippen molar-refractivity contribution in [1.29, 1.82) is 0 Å². The fraction of sp³-hybridized carbons (Fsp3) is 0. The van der Waals surface area contributed by atoms with E-state index in [1.54, 1.807) is 0 Å². The van der Waals surface area contributed by atoms with Crippen molar-refractivity contribution in [1.82, 2.24) is 0 Å². The summed E-state index contributed by atoms with van der Waals surface area (Å²) >= 11 is 3.38. The molecule has 2 rings (SSSR count). The van der Waals surface area contributed by atoms with Gasteiger partial charge in [-0.2, -0.15) is 0 Å². The third-order valence-corrected chi connectivity index (χ3v) is 2.19. The number of hydrogen-bond acceptors (Lipinski definition) is 1. The first-order valence-electron chi connectivity index (χ1n) is 4.33. The summed E-state index contributed by atoms with van der Waals surface area (Å²) in [5, 5.41) is 0. The first kappa shape index (κ1) is 9.32. The first-order valence-corrected chi connectivity index (χ1v) is 4.92. The molecule has 0 N–H and O–H groups in total. The molecule has 2 aromatic rings. The second kappa shape index (κ2) is 4.32. The van der Waals surface area contributed by atoms with Crippen LogP contribution >= 0.6 is 0 Å². The molecule has 0 fully saturated rings. The van der Waals surface area contributed by atoms with Crippen LogP contribution in [-0.2, 0) is 16.0 Å². The number of para-hydroxylation sites is 1. The van der Waals surface area contributed by atoms with Gasteiger partial charge in [0.25, 0.3) is 0 Å². The van der Waals surface area contributed by atoms with Crippen LogP contribution in [0.15, 0.2) is 54.6 Å². The van der Waals surface area contributed by atoms with Crippen LogP contribution in [0.5, 0.6) is 11.5 Å². The maximum atomic E-state index is 5.61. The second-order valence-corrected chi connectivity index (χ2v) is 3.55. The van der Waals surface area contributed by atoms with Gasteiger partial charge >= 0.3 is 91.3 Å². The molecule has 0 heterocycles. The monoisotopic (exact) mass is 224 g/mol. The molecule has 0 spiro atoms. The van der Waals surface area contributed by atoms with Gasteiger partial charge in [-0.05, 0) is 0 Å². The zero-order valence-corrected chi connectivity index (χ0v) is 8.66. The van der Waals surface area contributed by atoms with Crippen molar-refractivity contribution in [2.75, 3.05) is 0 Å². The van der Waals surface area contributed by atoms with Gasteiger partial charge in [0.15, 0.2) is 0 Å². The summed E-state index contributed by atoms with van der Waals surface area (Å²) in [6, 6.07) is 17.5. The van der Waals surface area contributed by atoms with Crippen molar-refractivity contribution >= 4 is 4.46 Å². The van der Waals surface area contributed by atoms with E-state index in [0.717, 1.165) is 16.0 Å². The molecular weight excluding hydrogens is 215 g/mol. The predicted octanol–water partition coefficient (Wildman–Crippen LogP) is 2.65. The van der Waals surface area contributed by atoms with Gasteiger partial charge < -0.3 is 0 Å². The van der Waals surface area contributed by atoms with E-state index in [1.807, 2.05) is 54.6 Å². The normalized spacial score (nSPS) is 9.79. The molecule has 0 atom stereocenters. The molecule has 70 valence electrons. The third kappa shape index (κ3) is 2.38. The van der Waals surface area contributed by atoms with E-state index >= 15 is 0 Å². The SMILES string of the molecule is [Mn][c]1ccc(Oc2ccccc2)cc1. The Bertz CT molecular complexity index is 394. The Morgan fingerprint density at radius 2 is 1.29 bits per heavy atom. The van der Waals surface area contributed by atoms with Crippen LogP contribution in [0.4, 0.5) is 0 Å². The van der Waals surface area contributed by atoms with E-state index in [1.165, 1.54) is 0 Å². The Hall–Kier alpha value is -1.24. The molecule has 0 aliphatic carbocycles. The number of hydrogen-bond donors (Lipinski definition) is 0. The summed E-state index contributed by atoms with van der Waals surface area (Å²) in [4.78, 5) is 0. The Labute approximate surface area is 91.5 Å². The van der Waals surface area contributed by atoms with Crippen LogP contribution in [0.25, 0.3) is 0 Å². The average Bonchev–Trinajstić information content (AvgIpc) is 2.23. The van der Waals surface area contributed by atoms with Gasteiger partial charge in [-0.15, -0.1) is 0 Å². The molecule has 2 aromatic carbocycles. The van der Waals surface area contributed by atoms with Gasteiger partial charge in [0.2, 0.25) is 0 Å². The molecule has 0 amide bonds. The zero-order valence-electron chi connectivity index (χ0n) is 7.48. The van der Waals surface area contributed by atoms with Gasteiger partial charge in [-0.1, -0.05) is 0 Å². The molecular formula is C12H9MnO. The van der Waals surface area contributed by atoms with E-state index in [2.05, 4.69) is 16.0 Å². The molecule has 2 heteroatoms. The van der Waals surface area contributed by atoms with Crippen LogP contribution in [0.1, 0.15) is 0 Å². The van der Waals surface area contributed by atoms with E-state index in [4.69, 9.17) is 4.74 Å². The Morgan fingerprint density at radius 3 is 1.93 bits per heavy atom. The predicted molar refractivity (Wildman–Crippen MR) is 52.6 cm³/mol. The summed E-state index contributed by atoms with van der Waals surface area (Å²) in [6.45, 7) is 0. The fourth-order valence-corrected chi connectivity index (χ4v) is 1.32. The van der Waals surface area contributed by atoms with Gasteiger partial charge in [0, 0.05) is 0 Å². The number of benzene rings is 2. The number of rotatable bonds is 2. The molecule has 0 radical (unpaired) electrons. The maximum absolute atomic E-state index is 5.61. The Balaban J connectivity index is 2.16. The van der Waals surface area contributed by atoms with E-state index in [-0.39, 0.29) is 0 Å². The summed E-state index contributed by atoms with van der Waals surface area (Å²) in [7, 11) is 0. The van der Waals surface area contributed by atoms with Gasteiger partial charge in [-0.3, -0.25) is 0 Å². The van der Waals surface area contributed by atoms with Crippen molar-refractivity contribution in [2.45, 2.75) is 0 Å². The topological polar surface area (TPSA) is 9.23 Å². The van der Waals surface area contributed by atoms with E-state index in [0.29, 0.717) is 0 Å². The Kier molecular flexibility index (Phi) is 2.87. The molecule has 0 saturated carbocycles. The van der Waals surface area contributed by atoms with Crippen molar-refractivity contribution in [3.63, 3.8) is 0 Å².